The number of hydrogen-bond donors (Lipinski definition) is 2. The molecule has 0 radical (unpaired) electrons. The quantitative estimate of drug-likeness (QED) is 0.621. The van der Waals surface area contributed by atoms with Crippen molar-refractivity contribution >= 4 is 5.91 Å². The van der Waals surface area contributed by atoms with Gasteiger partial charge in [0, 0.05) is 6.20 Å². The lowest BCUT2D eigenvalue weighted by Crippen LogP contribution is -2.24. The van der Waals surface area contributed by atoms with E-state index < -0.39 is 0 Å². The average molecular weight is 225 g/mol. The van der Waals surface area contributed by atoms with Crippen molar-refractivity contribution in [1.29, 1.82) is 0 Å². The van der Waals surface area contributed by atoms with E-state index in [1.165, 1.54) is 0 Å². The molecule has 0 aliphatic rings. The Morgan fingerprint density at radius 1 is 1.56 bits per heavy atom. The first-order valence-electron chi connectivity index (χ1n) is 5.52. The van der Waals surface area contributed by atoms with E-state index in [1.54, 1.807) is 11.6 Å². The van der Waals surface area contributed by atoms with E-state index in [2.05, 4.69) is 10.3 Å². The average Bonchev–Trinajstić information content (AvgIpc) is 2.66. The lowest BCUT2D eigenvalue weighted by molar-refractivity contribution is -0.121. The van der Waals surface area contributed by atoms with Crippen LogP contribution in [0, 0.1) is 5.92 Å². The van der Waals surface area contributed by atoms with Gasteiger partial charge in [-0.3, -0.25) is 9.48 Å². The summed E-state index contributed by atoms with van der Waals surface area (Å²) in [5.41, 5.74) is 11.5. The van der Waals surface area contributed by atoms with E-state index in [0.717, 1.165) is 25.0 Å². The molecule has 4 N–H and O–H groups in total. The van der Waals surface area contributed by atoms with Gasteiger partial charge in [0.1, 0.15) is 0 Å². The summed E-state index contributed by atoms with van der Waals surface area (Å²) in [5.74, 6) is -0.543. The molecule has 0 saturated heterocycles. The van der Waals surface area contributed by atoms with Gasteiger partial charge in [-0.25, -0.2) is 0 Å². The van der Waals surface area contributed by atoms with Crippen LogP contribution in [0.5, 0.6) is 0 Å². The summed E-state index contributed by atoms with van der Waals surface area (Å²) in [6.07, 6.45) is 4.74. The first-order chi connectivity index (χ1) is 7.63. The third-order valence-corrected chi connectivity index (χ3v) is 2.42. The molecule has 90 valence electrons. The summed E-state index contributed by atoms with van der Waals surface area (Å²) in [6.45, 7) is 2.96. The second-order valence-corrected chi connectivity index (χ2v) is 3.98. The highest BCUT2D eigenvalue weighted by Crippen LogP contribution is 2.03. The minimum absolute atomic E-state index is 0.224. The van der Waals surface area contributed by atoms with Crippen molar-refractivity contribution in [1.82, 2.24) is 15.0 Å². The summed E-state index contributed by atoms with van der Waals surface area (Å²) in [4.78, 5) is 10.9. The summed E-state index contributed by atoms with van der Waals surface area (Å²) in [7, 11) is 0. The molecule has 1 aromatic rings. The van der Waals surface area contributed by atoms with Crippen LogP contribution in [-0.2, 0) is 17.8 Å². The minimum Gasteiger partial charge on any atom is -0.369 e. The first kappa shape index (κ1) is 12.6. The Kier molecular flexibility index (Phi) is 4.91. The molecule has 0 bridgehead atoms. The number of aromatic nitrogens is 3. The number of carbonyl (C=O) groups excluding carboxylic acids is 1. The van der Waals surface area contributed by atoms with E-state index in [9.17, 15) is 4.79 Å². The van der Waals surface area contributed by atoms with Crippen molar-refractivity contribution in [3.8, 4) is 0 Å². The molecule has 16 heavy (non-hydrogen) atoms. The molecule has 6 nitrogen and oxygen atoms in total. The second kappa shape index (κ2) is 6.22. The molecule has 1 unspecified atom stereocenters. The van der Waals surface area contributed by atoms with Crippen molar-refractivity contribution in [2.75, 3.05) is 6.54 Å². The van der Waals surface area contributed by atoms with Crippen LogP contribution in [0.1, 0.15) is 25.5 Å². The van der Waals surface area contributed by atoms with E-state index in [-0.39, 0.29) is 11.8 Å². The van der Waals surface area contributed by atoms with E-state index in [1.807, 2.05) is 6.20 Å². The zero-order chi connectivity index (χ0) is 12.0. The SMILES string of the molecule is CC(Cn1cc(CCCCN)nn1)C(N)=O. The number of nitrogens with two attached hydrogens (primary N) is 2. The van der Waals surface area contributed by atoms with Gasteiger partial charge in [-0.2, -0.15) is 0 Å². The maximum atomic E-state index is 10.9. The number of nitrogens with zero attached hydrogens (tertiary/aromatic N) is 3. The van der Waals surface area contributed by atoms with Gasteiger partial charge < -0.3 is 11.5 Å². The van der Waals surface area contributed by atoms with Crippen LogP contribution in [0.4, 0.5) is 0 Å². The lowest BCUT2D eigenvalue weighted by atomic mass is 10.2. The van der Waals surface area contributed by atoms with Gasteiger partial charge in [0.15, 0.2) is 0 Å². The Morgan fingerprint density at radius 3 is 2.94 bits per heavy atom. The number of carbonyl (C=O) groups is 1. The van der Waals surface area contributed by atoms with Gasteiger partial charge in [-0.15, -0.1) is 5.10 Å². The topological polar surface area (TPSA) is 99.8 Å². The Bertz CT molecular complexity index is 336. The van der Waals surface area contributed by atoms with Crippen molar-refractivity contribution in [3.05, 3.63) is 11.9 Å². The van der Waals surface area contributed by atoms with Gasteiger partial charge in [0.25, 0.3) is 0 Å². The normalized spacial score (nSPS) is 12.6. The number of unbranched alkanes of at least 4 members (excludes halogenated alkanes) is 1. The molecule has 1 rings (SSSR count). The molecular weight excluding hydrogens is 206 g/mol. The summed E-state index contributed by atoms with van der Waals surface area (Å²) < 4.78 is 1.66. The summed E-state index contributed by atoms with van der Waals surface area (Å²) in [5, 5.41) is 7.97. The molecular formula is C10H19N5O. The Labute approximate surface area is 95.0 Å². The van der Waals surface area contributed by atoms with E-state index in [4.69, 9.17) is 11.5 Å². The smallest absolute Gasteiger partial charge is 0.222 e. The standard InChI is InChI=1S/C10H19N5O/c1-8(10(12)16)6-15-7-9(13-14-15)4-2-3-5-11/h7-8H,2-6,11H2,1H3,(H2,12,16). The minimum atomic E-state index is -0.319. The predicted molar refractivity (Wildman–Crippen MR) is 60.4 cm³/mol. The van der Waals surface area contributed by atoms with E-state index >= 15 is 0 Å². The third-order valence-electron chi connectivity index (χ3n) is 2.42. The zero-order valence-electron chi connectivity index (χ0n) is 9.59. The number of aryl methyl sites for hydroxylation is 1. The van der Waals surface area contributed by atoms with Gasteiger partial charge in [0.05, 0.1) is 18.2 Å². The monoisotopic (exact) mass is 225 g/mol. The van der Waals surface area contributed by atoms with Crippen LogP contribution >= 0.6 is 0 Å². The predicted octanol–water partition coefficient (Wildman–Crippen LogP) is -0.319. The molecule has 0 spiro atoms. The zero-order valence-corrected chi connectivity index (χ0v) is 9.59. The maximum absolute atomic E-state index is 10.9. The lowest BCUT2D eigenvalue weighted by Gasteiger charge is -2.05. The molecule has 1 aromatic heterocycles. The highest BCUT2D eigenvalue weighted by molar-refractivity contribution is 5.76. The molecule has 6 heteroatoms. The number of amides is 1. The van der Waals surface area contributed by atoms with Crippen molar-refractivity contribution in [2.45, 2.75) is 32.7 Å². The second-order valence-electron chi connectivity index (χ2n) is 3.98. The third kappa shape index (κ3) is 3.98. The van der Waals surface area contributed by atoms with Crippen molar-refractivity contribution in [3.63, 3.8) is 0 Å². The highest BCUT2D eigenvalue weighted by Gasteiger charge is 2.10. The molecule has 0 aliphatic carbocycles. The Balaban J connectivity index is 2.42. The van der Waals surface area contributed by atoms with E-state index in [0.29, 0.717) is 13.1 Å². The highest BCUT2D eigenvalue weighted by atomic mass is 16.1. The molecule has 1 amide bonds. The molecule has 1 heterocycles. The first-order valence-corrected chi connectivity index (χ1v) is 5.52. The van der Waals surface area contributed by atoms with Crippen LogP contribution in [0.15, 0.2) is 6.20 Å². The molecule has 1 atom stereocenters. The van der Waals surface area contributed by atoms with Crippen molar-refractivity contribution in [2.24, 2.45) is 17.4 Å². The Morgan fingerprint density at radius 2 is 2.31 bits per heavy atom. The van der Waals surface area contributed by atoms with Crippen LogP contribution < -0.4 is 11.5 Å². The fourth-order valence-electron chi connectivity index (χ4n) is 1.36. The van der Waals surface area contributed by atoms with Crippen LogP contribution in [0.25, 0.3) is 0 Å². The summed E-state index contributed by atoms with van der Waals surface area (Å²) in [6, 6.07) is 0. The number of rotatable bonds is 7. The van der Waals surface area contributed by atoms with Crippen LogP contribution in [0.2, 0.25) is 0 Å². The number of primary amides is 1. The number of hydrogen-bond acceptors (Lipinski definition) is 4. The molecule has 0 saturated carbocycles. The van der Waals surface area contributed by atoms with Crippen LogP contribution in [-0.4, -0.2) is 27.4 Å². The largest absolute Gasteiger partial charge is 0.369 e. The van der Waals surface area contributed by atoms with Gasteiger partial charge >= 0.3 is 0 Å². The maximum Gasteiger partial charge on any atom is 0.222 e. The molecule has 0 aliphatic heterocycles. The van der Waals surface area contributed by atoms with Gasteiger partial charge in [0.2, 0.25) is 5.91 Å². The molecule has 0 fully saturated rings. The van der Waals surface area contributed by atoms with Crippen molar-refractivity contribution < 1.29 is 4.79 Å². The van der Waals surface area contributed by atoms with Gasteiger partial charge in [-0.05, 0) is 25.8 Å². The summed E-state index contributed by atoms with van der Waals surface area (Å²) >= 11 is 0. The van der Waals surface area contributed by atoms with Gasteiger partial charge in [-0.1, -0.05) is 12.1 Å². The molecule has 0 aromatic carbocycles. The Hall–Kier alpha value is -1.43. The fraction of sp³-hybridized carbons (Fsp3) is 0.700. The van der Waals surface area contributed by atoms with Crippen LogP contribution in [0.3, 0.4) is 0 Å². The fourth-order valence-corrected chi connectivity index (χ4v) is 1.36.